The van der Waals surface area contributed by atoms with Crippen molar-refractivity contribution >= 4 is 39.4 Å². The summed E-state index contributed by atoms with van der Waals surface area (Å²) in [5.41, 5.74) is 0.385. The number of hydrogen-bond donors (Lipinski definition) is 1. The zero-order chi connectivity index (χ0) is 18.9. The van der Waals surface area contributed by atoms with Crippen molar-refractivity contribution in [2.75, 3.05) is 26.9 Å². The third-order valence-electron chi connectivity index (χ3n) is 3.22. The highest BCUT2D eigenvalue weighted by atomic mass is 79.9. The number of ether oxygens (including phenoxy) is 3. The molecule has 0 bridgehead atoms. The van der Waals surface area contributed by atoms with Crippen LogP contribution in [0.3, 0.4) is 0 Å². The maximum Gasteiger partial charge on any atom is 0.337 e. The fourth-order valence-corrected chi connectivity index (χ4v) is 2.57. The molecule has 0 aliphatic heterocycles. The SMILES string of the molecule is COC(=O)c1ccc(OCC(=O)NCCOc2ccc(Cl)cc2)c(Br)c1. The lowest BCUT2D eigenvalue weighted by Gasteiger charge is -2.10. The van der Waals surface area contributed by atoms with E-state index in [4.69, 9.17) is 21.1 Å². The topological polar surface area (TPSA) is 73.9 Å². The first-order valence-corrected chi connectivity index (χ1v) is 8.82. The van der Waals surface area contributed by atoms with Gasteiger partial charge in [0.25, 0.3) is 5.91 Å². The van der Waals surface area contributed by atoms with Gasteiger partial charge in [-0.1, -0.05) is 11.6 Å². The van der Waals surface area contributed by atoms with Crippen LogP contribution in [0, 0.1) is 0 Å². The second-order valence-corrected chi connectivity index (χ2v) is 6.37. The van der Waals surface area contributed by atoms with Gasteiger partial charge in [-0.15, -0.1) is 0 Å². The van der Waals surface area contributed by atoms with Crippen molar-refractivity contribution in [2.45, 2.75) is 0 Å². The first-order chi connectivity index (χ1) is 12.5. The second-order valence-electron chi connectivity index (χ2n) is 5.08. The molecule has 8 heteroatoms. The molecule has 0 atom stereocenters. The molecule has 0 aliphatic carbocycles. The standard InChI is InChI=1S/C18H17BrClNO5/c1-24-18(23)12-2-7-16(15(19)10-12)26-11-17(22)21-8-9-25-14-5-3-13(20)4-6-14/h2-7,10H,8-9,11H2,1H3,(H,21,22). The molecule has 6 nitrogen and oxygen atoms in total. The number of rotatable bonds is 8. The van der Waals surface area contributed by atoms with Crippen LogP contribution < -0.4 is 14.8 Å². The molecule has 0 aliphatic rings. The van der Waals surface area contributed by atoms with Crippen LogP contribution in [0.5, 0.6) is 11.5 Å². The molecule has 0 aromatic heterocycles. The number of benzene rings is 2. The maximum absolute atomic E-state index is 11.8. The number of carbonyl (C=O) groups excluding carboxylic acids is 2. The molecule has 26 heavy (non-hydrogen) atoms. The van der Waals surface area contributed by atoms with Crippen molar-refractivity contribution in [3.05, 3.63) is 57.5 Å². The normalized spacial score (nSPS) is 10.1. The number of halogens is 2. The summed E-state index contributed by atoms with van der Waals surface area (Å²) in [5, 5.41) is 3.32. The summed E-state index contributed by atoms with van der Waals surface area (Å²) in [6.45, 7) is 0.509. The number of amides is 1. The summed E-state index contributed by atoms with van der Waals surface area (Å²) in [4.78, 5) is 23.2. The zero-order valence-corrected chi connectivity index (χ0v) is 16.3. The van der Waals surface area contributed by atoms with Crippen LogP contribution in [0.2, 0.25) is 5.02 Å². The summed E-state index contributed by atoms with van der Waals surface area (Å²) in [6.07, 6.45) is 0. The number of esters is 1. The zero-order valence-electron chi connectivity index (χ0n) is 14.0. The van der Waals surface area contributed by atoms with Crippen molar-refractivity contribution in [3.8, 4) is 11.5 Å². The number of carbonyl (C=O) groups is 2. The van der Waals surface area contributed by atoms with Crippen molar-refractivity contribution in [1.82, 2.24) is 5.32 Å². The van der Waals surface area contributed by atoms with E-state index in [1.807, 2.05) is 0 Å². The number of hydrogen-bond acceptors (Lipinski definition) is 5. The molecular formula is C18H17BrClNO5. The smallest absolute Gasteiger partial charge is 0.337 e. The van der Waals surface area contributed by atoms with E-state index in [-0.39, 0.29) is 12.5 Å². The van der Waals surface area contributed by atoms with E-state index in [9.17, 15) is 9.59 Å². The molecule has 1 N–H and O–H groups in total. The van der Waals surface area contributed by atoms with E-state index in [0.717, 1.165) is 0 Å². The summed E-state index contributed by atoms with van der Waals surface area (Å²) in [5.74, 6) is 0.393. The van der Waals surface area contributed by atoms with Crippen LogP contribution in [0.4, 0.5) is 0 Å². The summed E-state index contributed by atoms with van der Waals surface area (Å²) in [7, 11) is 1.31. The molecule has 0 unspecified atom stereocenters. The van der Waals surface area contributed by atoms with Gasteiger partial charge in [0.1, 0.15) is 18.1 Å². The predicted molar refractivity (Wildman–Crippen MR) is 101 cm³/mol. The Morgan fingerprint density at radius 1 is 1.12 bits per heavy atom. The van der Waals surface area contributed by atoms with E-state index in [1.165, 1.54) is 7.11 Å². The molecule has 0 saturated heterocycles. The van der Waals surface area contributed by atoms with Gasteiger partial charge < -0.3 is 19.5 Å². The van der Waals surface area contributed by atoms with Crippen LogP contribution in [-0.2, 0) is 9.53 Å². The van der Waals surface area contributed by atoms with Crippen LogP contribution in [-0.4, -0.2) is 38.7 Å². The lowest BCUT2D eigenvalue weighted by atomic mass is 10.2. The first-order valence-electron chi connectivity index (χ1n) is 7.65. The Morgan fingerprint density at radius 3 is 2.50 bits per heavy atom. The van der Waals surface area contributed by atoms with Gasteiger partial charge in [-0.25, -0.2) is 4.79 Å². The largest absolute Gasteiger partial charge is 0.492 e. The molecule has 2 aromatic carbocycles. The Balaban J connectivity index is 1.71. The average molecular weight is 443 g/mol. The van der Waals surface area contributed by atoms with Gasteiger partial charge in [0.2, 0.25) is 0 Å². The Kier molecular flexibility index (Phi) is 7.74. The molecule has 0 radical (unpaired) electrons. The Labute approximate surface area is 164 Å². The van der Waals surface area contributed by atoms with Crippen LogP contribution >= 0.6 is 27.5 Å². The quantitative estimate of drug-likeness (QED) is 0.501. The Bertz CT molecular complexity index is 767. The summed E-state index contributed by atoms with van der Waals surface area (Å²) in [6, 6.07) is 11.7. The highest BCUT2D eigenvalue weighted by Gasteiger charge is 2.10. The van der Waals surface area contributed by atoms with Gasteiger partial charge >= 0.3 is 5.97 Å². The molecular weight excluding hydrogens is 426 g/mol. The molecule has 0 heterocycles. The lowest BCUT2D eigenvalue weighted by Crippen LogP contribution is -2.32. The van der Waals surface area contributed by atoms with Crippen LogP contribution in [0.1, 0.15) is 10.4 Å². The molecule has 2 aromatic rings. The maximum atomic E-state index is 11.8. The highest BCUT2D eigenvalue weighted by Crippen LogP contribution is 2.26. The van der Waals surface area contributed by atoms with Crippen molar-refractivity contribution in [1.29, 1.82) is 0 Å². The average Bonchev–Trinajstić information content (AvgIpc) is 2.65. The van der Waals surface area contributed by atoms with Gasteiger partial charge in [-0.2, -0.15) is 0 Å². The first kappa shape index (κ1) is 20.1. The molecule has 0 spiro atoms. The van der Waals surface area contributed by atoms with Crippen molar-refractivity contribution < 1.29 is 23.8 Å². The van der Waals surface area contributed by atoms with Gasteiger partial charge in [-0.3, -0.25) is 4.79 Å². The number of methoxy groups -OCH3 is 1. The Morgan fingerprint density at radius 2 is 1.85 bits per heavy atom. The van der Waals surface area contributed by atoms with Gasteiger partial charge in [-0.05, 0) is 58.4 Å². The summed E-state index contributed by atoms with van der Waals surface area (Å²) < 4.78 is 16.1. The van der Waals surface area contributed by atoms with E-state index in [0.29, 0.717) is 39.7 Å². The van der Waals surface area contributed by atoms with E-state index in [2.05, 4.69) is 26.0 Å². The molecule has 0 saturated carbocycles. The van der Waals surface area contributed by atoms with Gasteiger partial charge in [0.05, 0.1) is 23.7 Å². The van der Waals surface area contributed by atoms with Crippen LogP contribution in [0.25, 0.3) is 0 Å². The third-order valence-corrected chi connectivity index (χ3v) is 4.09. The molecule has 138 valence electrons. The van der Waals surface area contributed by atoms with Crippen molar-refractivity contribution in [2.24, 2.45) is 0 Å². The minimum absolute atomic E-state index is 0.156. The predicted octanol–water partition coefficient (Wildman–Crippen LogP) is 3.46. The van der Waals surface area contributed by atoms with Crippen LogP contribution in [0.15, 0.2) is 46.9 Å². The fraction of sp³-hybridized carbons (Fsp3) is 0.222. The van der Waals surface area contributed by atoms with Crippen molar-refractivity contribution in [3.63, 3.8) is 0 Å². The minimum atomic E-state index is -0.448. The Hall–Kier alpha value is -2.25. The lowest BCUT2D eigenvalue weighted by molar-refractivity contribution is -0.123. The minimum Gasteiger partial charge on any atom is -0.492 e. The van der Waals surface area contributed by atoms with Gasteiger partial charge in [0, 0.05) is 5.02 Å². The van der Waals surface area contributed by atoms with E-state index >= 15 is 0 Å². The van der Waals surface area contributed by atoms with E-state index < -0.39 is 5.97 Å². The third kappa shape index (κ3) is 6.24. The van der Waals surface area contributed by atoms with Gasteiger partial charge in [0.15, 0.2) is 6.61 Å². The van der Waals surface area contributed by atoms with E-state index in [1.54, 1.807) is 42.5 Å². The second kappa shape index (κ2) is 10.0. The highest BCUT2D eigenvalue weighted by molar-refractivity contribution is 9.10. The fourth-order valence-electron chi connectivity index (χ4n) is 1.95. The molecule has 0 fully saturated rings. The molecule has 2 rings (SSSR count). The summed E-state index contributed by atoms with van der Waals surface area (Å²) >= 11 is 9.09. The molecule has 1 amide bonds. The number of nitrogens with one attached hydrogen (secondary N) is 1. The monoisotopic (exact) mass is 441 g/mol.